The first-order valence-corrected chi connectivity index (χ1v) is 4.27. The molecule has 0 saturated heterocycles. The highest BCUT2D eigenvalue weighted by atomic mass is 35.5. The fourth-order valence-corrected chi connectivity index (χ4v) is 1.71. The third-order valence-electron chi connectivity index (χ3n) is 2.02. The van der Waals surface area contributed by atoms with Gasteiger partial charge in [0, 0.05) is 7.05 Å². The minimum absolute atomic E-state index is 0.481. The van der Waals surface area contributed by atoms with Gasteiger partial charge in [-0.15, -0.1) is 0 Å². The smallest absolute Gasteiger partial charge is 0.162 e. The van der Waals surface area contributed by atoms with E-state index >= 15 is 0 Å². The molecule has 0 N–H and O–H groups in total. The van der Waals surface area contributed by atoms with E-state index in [1.807, 2.05) is 25.2 Å². The second-order valence-electron chi connectivity index (χ2n) is 2.77. The molecule has 0 aliphatic heterocycles. The molecule has 2 rings (SSSR count). The first kappa shape index (κ1) is 8.38. The zero-order chi connectivity index (χ0) is 9.42. The van der Waals surface area contributed by atoms with Crippen molar-refractivity contribution in [3.63, 3.8) is 0 Å². The Morgan fingerprint density at radius 1 is 1.46 bits per heavy atom. The van der Waals surface area contributed by atoms with Crippen molar-refractivity contribution in [2.24, 2.45) is 7.05 Å². The molecule has 0 spiro atoms. The molecule has 68 valence electrons. The van der Waals surface area contributed by atoms with Crippen LogP contribution in [-0.4, -0.2) is 16.9 Å². The molecule has 0 aliphatic rings. The maximum atomic E-state index is 5.95. The van der Waals surface area contributed by atoms with Crippen LogP contribution in [0.2, 0.25) is 5.15 Å². The summed E-state index contributed by atoms with van der Waals surface area (Å²) in [6.45, 7) is 0. The van der Waals surface area contributed by atoms with E-state index in [1.54, 1.807) is 11.8 Å². The Morgan fingerprint density at radius 2 is 2.23 bits per heavy atom. The van der Waals surface area contributed by atoms with E-state index in [0.29, 0.717) is 5.15 Å². The number of benzene rings is 1. The van der Waals surface area contributed by atoms with Crippen molar-refractivity contribution in [3.8, 4) is 5.75 Å². The number of fused-ring (bicyclic) bond motifs is 1. The van der Waals surface area contributed by atoms with Crippen molar-refractivity contribution in [3.05, 3.63) is 23.4 Å². The van der Waals surface area contributed by atoms with E-state index in [-0.39, 0.29) is 0 Å². The fourth-order valence-electron chi connectivity index (χ4n) is 1.40. The number of rotatable bonds is 1. The molecule has 1 heterocycles. The lowest BCUT2D eigenvalue weighted by atomic mass is 10.2. The van der Waals surface area contributed by atoms with E-state index in [4.69, 9.17) is 16.3 Å². The molecule has 0 aliphatic carbocycles. The van der Waals surface area contributed by atoms with Crippen molar-refractivity contribution in [2.45, 2.75) is 0 Å². The number of nitrogens with zero attached hydrogens (tertiary/aromatic N) is 2. The maximum Gasteiger partial charge on any atom is 0.162 e. The number of hydrogen-bond donors (Lipinski definition) is 0. The Hall–Kier alpha value is -1.22. The summed E-state index contributed by atoms with van der Waals surface area (Å²) in [7, 11) is 3.48. The van der Waals surface area contributed by atoms with Crippen molar-refractivity contribution in [2.75, 3.05) is 7.11 Å². The summed E-state index contributed by atoms with van der Waals surface area (Å²) in [4.78, 5) is 0. The first-order valence-electron chi connectivity index (χ1n) is 3.89. The molecule has 13 heavy (non-hydrogen) atoms. The van der Waals surface area contributed by atoms with Crippen LogP contribution in [0.5, 0.6) is 5.75 Å². The highest BCUT2D eigenvalue weighted by Crippen LogP contribution is 2.30. The Bertz CT molecular complexity index is 450. The van der Waals surface area contributed by atoms with Gasteiger partial charge in [-0.25, -0.2) is 0 Å². The normalized spacial score (nSPS) is 10.7. The number of aryl methyl sites for hydroxylation is 1. The topological polar surface area (TPSA) is 27.1 Å². The van der Waals surface area contributed by atoms with Crippen molar-refractivity contribution >= 4 is 22.5 Å². The molecule has 3 nitrogen and oxygen atoms in total. The molecule has 0 fully saturated rings. The SMILES string of the molecule is COc1cccc2c1c(Cl)nn2C. The highest BCUT2D eigenvalue weighted by molar-refractivity contribution is 6.34. The van der Waals surface area contributed by atoms with Gasteiger partial charge in [0.15, 0.2) is 5.15 Å². The summed E-state index contributed by atoms with van der Waals surface area (Å²) in [6, 6.07) is 5.74. The minimum atomic E-state index is 0.481. The summed E-state index contributed by atoms with van der Waals surface area (Å²) >= 11 is 5.95. The standard InChI is InChI=1S/C9H9ClN2O/c1-12-6-4-3-5-7(13-2)8(6)9(10)11-12/h3-5H,1-2H3. The van der Waals surface area contributed by atoms with Gasteiger partial charge >= 0.3 is 0 Å². The average molecular weight is 197 g/mol. The molecular weight excluding hydrogens is 188 g/mol. The van der Waals surface area contributed by atoms with E-state index in [1.165, 1.54) is 0 Å². The van der Waals surface area contributed by atoms with Crippen LogP contribution in [0.4, 0.5) is 0 Å². The van der Waals surface area contributed by atoms with Gasteiger partial charge in [0.05, 0.1) is 18.0 Å². The van der Waals surface area contributed by atoms with Crippen LogP contribution in [-0.2, 0) is 7.05 Å². The van der Waals surface area contributed by atoms with Gasteiger partial charge in [0.25, 0.3) is 0 Å². The molecule has 1 aromatic heterocycles. The number of hydrogen-bond acceptors (Lipinski definition) is 2. The molecular formula is C9H9ClN2O. The molecule has 2 aromatic rings. The molecule has 0 bridgehead atoms. The Balaban J connectivity index is 2.88. The van der Waals surface area contributed by atoms with Crippen LogP contribution >= 0.6 is 11.6 Å². The molecule has 0 unspecified atom stereocenters. The highest BCUT2D eigenvalue weighted by Gasteiger charge is 2.10. The molecule has 0 atom stereocenters. The van der Waals surface area contributed by atoms with Crippen LogP contribution in [0.3, 0.4) is 0 Å². The predicted octanol–water partition coefficient (Wildman–Crippen LogP) is 2.24. The summed E-state index contributed by atoms with van der Waals surface area (Å²) < 4.78 is 6.92. The van der Waals surface area contributed by atoms with E-state index in [0.717, 1.165) is 16.7 Å². The zero-order valence-corrected chi connectivity index (χ0v) is 8.17. The maximum absolute atomic E-state index is 5.95. The average Bonchev–Trinajstić information content (AvgIpc) is 2.43. The van der Waals surface area contributed by atoms with Gasteiger partial charge < -0.3 is 4.74 Å². The van der Waals surface area contributed by atoms with Crippen LogP contribution in [0, 0.1) is 0 Å². The number of halogens is 1. The molecule has 0 amide bonds. The molecule has 4 heteroatoms. The van der Waals surface area contributed by atoms with E-state index in [2.05, 4.69) is 5.10 Å². The third kappa shape index (κ3) is 1.16. The van der Waals surface area contributed by atoms with Crippen LogP contribution < -0.4 is 4.74 Å². The lowest BCUT2D eigenvalue weighted by Crippen LogP contribution is -1.88. The van der Waals surface area contributed by atoms with Gasteiger partial charge in [-0.1, -0.05) is 17.7 Å². The summed E-state index contributed by atoms with van der Waals surface area (Å²) in [5, 5.41) is 5.45. The lowest BCUT2D eigenvalue weighted by molar-refractivity contribution is 0.420. The zero-order valence-electron chi connectivity index (χ0n) is 7.41. The first-order chi connectivity index (χ1) is 6.24. The number of aromatic nitrogens is 2. The minimum Gasteiger partial charge on any atom is -0.496 e. The van der Waals surface area contributed by atoms with E-state index in [9.17, 15) is 0 Å². The van der Waals surface area contributed by atoms with Crippen LogP contribution in [0.25, 0.3) is 10.9 Å². The second-order valence-corrected chi connectivity index (χ2v) is 3.13. The summed E-state index contributed by atoms with van der Waals surface area (Å²) in [6.07, 6.45) is 0. The van der Waals surface area contributed by atoms with Gasteiger partial charge in [0.2, 0.25) is 0 Å². The quantitative estimate of drug-likeness (QED) is 0.700. The molecule has 0 radical (unpaired) electrons. The number of ether oxygens (including phenoxy) is 1. The Kier molecular flexibility index (Phi) is 1.88. The third-order valence-corrected chi connectivity index (χ3v) is 2.28. The largest absolute Gasteiger partial charge is 0.496 e. The fraction of sp³-hybridized carbons (Fsp3) is 0.222. The van der Waals surface area contributed by atoms with E-state index < -0.39 is 0 Å². The van der Waals surface area contributed by atoms with Crippen molar-refractivity contribution in [1.29, 1.82) is 0 Å². The van der Waals surface area contributed by atoms with Crippen LogP contribution in [0.1, 0.15) is 0 Å². The van der Waals surface area contributed by atoms with Gasteiger partial charge in [0.1, 0.15) is 5.75 Å². The predicted molar refractivity (Wildman–Crippen MR) is 52.3 cm³/mol. The van der Waals surface area contributed by atoms with Crippen LogP contribution in [0.15, 0.2) is 18.2 Å². The summed E-state index contributed by atoms with van der Waals surface area (Å²) in [5.41, 5.74) is 0.976. The molecule has 0 saturated carbocycles. The number of methoxy groups -OCH3 is 1. The van der Waals surface area contributed by atoms with Gasteiger partial charge in [-0.05, 0) is 12.1 Å². The van der Waals surface area contributed by atoms with Gasteiger partial charge in [-0.2, -0.15) is 5.10 Å². The van der Waals surface area contributed by atoms with Crippen molar-refractivity contribution in [1.82, 2.24) is 9.78 Å². The summed E-state index contributed by atoms with van der Waals surface area (Å²) in [5.74, 6) is 0.760. The lowest BCUT2D eigenvalue weighted by Gasteiger charge is -2.00. The Morgan fingerprint density at radius 3 is 2.92 bits per heavy atom. The Labute approximate surface area is 80.9 Å². The monoisotopic (exact) mass is 196 g/mol. The van der Waals surface area contributed by atoms with Gasteiger partial charge in [-0.3, -0.25) is 4.68 Å². The second kappa shape index (κ2) is 2.92. The molecule has 1 aromatic carbocycles. The van der Waals surface area contributed by atoms with Crippen molar-refractivity contribution < 1.29 is 4.74 Å².